The summed E-state index contributed by atoms with van der Waals surface area (Å²) in [5, 5.41) is 1.83. The van der Waals surface area contributed by atoms with Gasteiger partial charge in [-0.1, -0.05) is 133 Å². The normalized spacial score (nSPS) is 15.3. The molecule has 0 radical (unpaired) electrons. The third-order valence-electron chi connectivity index (χ3n) is 10.0. The maximum absolute atomic E-state index is 9.64. The molecule has 0 aliphatic carbocycles. The maximum Gasteiger partial charge on any atom is 0.166 e. The average molecular weight is 761 g/mol. The minimum Gasteiger partial charge on any atom is -0.455 e. The number of aromatic nitrogens is 4. The minimum atomic E-state index is -0.557. The lowest BCUT2D eigenvalue weighted by atomic mass is 10.00. The molecule has 0 amide bonds. The van der Waals surface area contributed by atoms with Crippen molar-refractivity contribution in [3.05, 3.63) is 182 Å². The van der Waals surface area contributed by atoms with Crippen LogP contribution in [0.25, 0.3) is 115 Å². The minimum absolute atomic E-state index is 0.0216. The predicted octanol–water partition coefficient (Wildman–Crippen LogP) is 13.9. The summed E-state index contributed by atoms with van der Waals surface area (Å²) in [6.07, 6.45) is 0. The first-order valence-electron chi connectivity index (χ1n) is 24.9. The first-order valence-corrected chi connectivity index (χ1v) is 18.7. The molecular weight excluding hydrogens is 717 g/mol. The van der Waals surface area contributed by atoms with Crippen LogP contribution in [0, 0.1) is 0 Å². The van der Waals surface area contributed by atoms with Gasteiger partial charge in [-0.25, -0.2) is 15.0 Å². The summed E-state index contributed by atoms with van der Waals surface area (Å²) in [6.45, 7) is 0. The van der Waals surface area contributed by atoms with Gasteiger partial charge in [0, 0.05) is 64.0 Å². The van der Waals surface area contributed by atoms with Gasteiger partial charge in [-0.2, -0.15) is 0 Å². The molecule has 0 unspecified atom stereocenters. The third-order valence-corrected chi connectivity index (χ3v) is 11.1. The molecule has 0 fully saturated rings. The van der Waals surface area contributed by atoms with Crippen LogP contribution in [0.4, 0.5) is 0 Å². The molecule has 5 nitrogen and oxygen atoms in total. The summed E-state index contributed by atoms with van der Waals surface area (Å²) in [5.41, 5.74) is 3.60. The van der Waals surface area contributed by atoms with Crippen molar-refractivity contribution in [1.82, 2.24) is 19.5 Å². The topological polar surface area (TPSA) is 56.7 Å². The van der Waals surface area contributed by atoms with Gasteiger partial charge in [0.15, 0.2) is 17.5 Å². The number of para-hydroxylation sites is 5. The first-order chi connectivity index (χ1) is 34.1. The van der Waals surface area contributed by atoms with Crippen molar-refractivity contribution in [2.75, 3.05) is 0 Å². The molecule has 0 aliphatic heterocycles. The predicted molar refractivity (Wildman–Crippen MR) is 236 cm³/mol. The average Bonchev–Trinajstić information content (AvgIpc) is 4.09. The van der Waals surface area contributed by atoms with Crippen molar-refractivity contribution >= 4 is 75.3 Å². The molecule has 0 aliphatic rings. The van der Waals surface area contributed by atoms with Crippen LogP contribution < -0.4 is 0 Å². The maximum atomic E-state index is 9.64. The second-order valence-corrected chi connectivity index (χ2v) is 14.3. The van der Waals surface area contributed by atoms with Gasteiger partial charge in [0.05, 0.1) is 35.9 Å². The molecule has 4 aromatic heterocycles. The lowest BCUT2D eigenvalue weighted by molar-refractivity contribution is 0.670. The zero-order chi connectivity index (χ0) is 49.6. The van der Waals surface area contributed by atoms with E-state index in [0.717, 1.165) is 33.2 Å². The number of furan rings is 1. The molecule has 0 bridgehead atoms. The number of nitrogens with zero attached hydrogens (tertiary/aromatic N) is 4. The largest absolute Gasteiger partial charge is 0.455 e. The van der Waals surface area contributed by atoms with Gasteiger partial charge < -0.3 is 8.98 Å². The summed E-state index contributed by atoms with van der Waals surface area (Å²) in [4.78, 5) is 14.9. The Hall–Kier alpha value is -7.41. The van der Waals surface area contributed by atoms with Gasteiger partial charge >= 0.3 is 0 Å². The second kappa shape index (κ2) is 12.6. The standard InChI is InChI=1S/C51H30N4OS/c1-6-22-42-35(15-1)36-16-2-7-23-43(36)55(42)44-24-8-3-19-41(44)51-53-49(52-50(54-51)33-27-28-39-38-18-5-10-26-46(38)57-47(39)30-33)32-14-11-13-31(29-32)34-20-12-21-40-37-17-4-9-25-45(37)56-48(34)40/h1-30H/i1D,2D,5D,6D,10D,15D,16D,18D,22D,23D,26D,27D,28D,30D. The summed E-state index contributed by atoms with van der Waals surface area (Å²) in [6, 6.07) is 23.0. The fraction of sp³-hybridized carbons (Fsp3) is 0. The molecule has 57 heavy (non-hydrogen) atoms. The van der Waals surface area contributed by atoms with Gasteiger partial charge in [0.2, 0.25) is 0 Å². The van der Waals surface area contributed by atoms with Crippen molar-refractivity contribution in [3.8, 4) is 51.0 Å². The van der Waals surface area contributed by atoms with Crippen LogP contribution in [-0.2, 0) is 0 Å². The molecule has 4 heterocycles. The smallest absolute Gasteiger partial charge is 0.166 e. The van der Waals surface area contributed by atoms with E-state index in [0.29, 0.717) is 16.7 Å². The zero-order valence-electron chi connectivity index (χ0n) is 43.3. The van der Waals surface area contributed by atoms with Gasteiger partial charge in [-0.15, -0.1) is 11.3 Å². The molecule has 0 N–H and O–H groups in total. The highest BCUT2D eigenvalue weighted by molar-refractivity contribution is 7.25. The number of thiophene rings is 1. The summed E-state index contributed by atoms with van der Waals surface area (Å²) in [5.74, 6) is -0.181. The third kappa shape index (κ3) is 5.04. The Morgan fingerprint density at radius 1 is 0.474 bits per heavy atom. The van der Waals surface area contributed by atoms with E-state index in [1.165, 1.54) is 10.6 Å². The molecule has 266 valence electrons. The Bertz CT molecular complexity index is 4380. The van der Waals surface area contributed by atoms with E-state index in [1.807, 2.05) is 60.7 Å². The van der Waals surface area contributed by atoms with Crippen molar-refractivity contribution in [1.29, 1.82) is 0 Å². The van der Waals surface area contributed by atoms with Crippen molar-refractivity contribution < 1.29 is 23.6 Å². The Morgan fingerprint density at radius 2 is 1.16 bits per heavy atom. The molecule has 0 atom stereocenters. The number of fused-ring (bicyclic) bond motifs is 9. The number of hydrogen-bond acceptors (Lipinski definition) is 5. The summed E-state index contributed by atoms with van der Waals surface area (Å²) < 4.78 is 133. The van der Waals surface area contributed by atoms with Crippen LogP contribution in [0.3, 0.4) is 0 Å². The first kappa shape index (κ1) is 21.0. The van der Waals surface area contributed by atoms with E-state index in [4.69, 9.17) is 33.1 Å². The van der Waals surface area contributed by atoms with E-state index in [2.05, 4.69) is 0 Å². The highest BCUT2D eigenvalue weighted by Crippen LogP contribution is 2.40. The zero-order valence-corrected chi connectivity index (χ0v) is 30.2. The Kier molecular flexibility index (Phi) is 4.64. The van der Waals surface area contributed by atoms with Crippen molar-refractivity contribution in [2.24, 2.45) is 0 Å². The Morgan fingerprint density at radius 3 is 2.11 bits per heavy atom. The molecule has 0 spiro atoms. The van der Waals surface area contributed by atoms with E-state index >= 15 is 0 Å². The lowest BCUT2D eigenvalue weighted by Gasteiger charge is -2.15. The number of rotatable bonds is 5. The van der Waals surface area contributed by atoms with Crippen LogP contribution in [-0.4, -0.2) is 19.5 Å². The van der Waals surface area contributed by atoms with Crippen molar-refractivity contribution in [2.45, 2.75) is 0 Å². The van der Waals surface area contributed by atoms with E-state index in [9.17, 15) is 5.48 Å². The second-order valence-electron chi connectivity index (χ2n) is 13.3. The SMILES string of the molecule is [2H]c1cc([2H])c2c(c1[2H])c1c([2H])c([2H])c([2H])c([2H])c1n2-c1ccccc1-c1nc(-c2cccc(-c3cccc4c3oc3ccccc34)c2)nc(-c2c([2H])c([2H])c3c(sc4c([2H])c([2H])c([2H])c([2H])c43)c2[2H])n1. The molecular formula is C51H30N4OS. The fourth-order valence-electron chi connectivity index (χ4n) is 7.51. The monoisotopic (exact) mass is 760 g/mol. The molecule has 12 aromatic rings. The van der Waals surface area contributed by atoms with Crippen LogP contribution in [0.5, 0.6) is 0 Å². The molecule has 0 saturated heterocycles. The van der Waals surface area contributed by atoms with E-state index < -0.39 is 54.4 Å². The molecule has 12 rings (SSSR count). The fourth-order valence-corrected chi connectivity index (χ4v) is 8.48. The Balaban J connectivity index is 1.16. The quantitative estimate of drug-likeness (QED) is 0.175. The highest BCUT2D eigenvalue weighted by Gasteiger charge is 2.20. The van der Waals surface area contributed by atoms with E-state index in [-0.39, 0.29) is 106 Å². The lowest BCUT2D eigenvalue weighted by Crippen LogP contribution is -2.03. The Labute approximate surface area is 350 Å². The molecule has 6 heteroatoms. The van der Waals surface area contributed by atoms with Crippen LogP contribution in [0.2, 0.25) is 0 Å². The van der Waals surface area contributed by atoms with Gasteiger partial charge in [-0.3, -0.25) is 0 Å². The molecule has 8 aromatic carbocycles. The summed E-state index contributed by atoms with van der Waals surface area (Å²) >= 11 is 0.904. The summed E-state index contributed by atoms with van der Waals surface area (Å²) in [7, 11) is 0. The number of hydrogen-bond donors (Lipinski definition) is 0. The van der Waals surface area contributed by atoms with Crippen LogP contribution in [0.1, 0.15) is 19.2 Å². The number of benzene rings is 8. The van der Waals surface area contributed by atoms with Crippen molar-refractivity contribution in [3.63, 3.8) is 0 Å². The highest BCUT2D eigenvalue weighted by atomic mass is 32.1. The van der Waals surface area contributed by atoms with E-state index in [1.54, 1.807) is 30.3 Å². The van der Waals surface area contributed by atoms with Gasteiger partial charge in [0.1, 0.15) is 11.2 Å². The molecule has 0 saturated carbocycles. The van der Waals surface area contributed by atoms with Gasteiger partial charge in [0.25, 0.3) is 0 Å². The van der Waals surface area contributed by atoms with Gasteiger partial charge in [-0.05, 0) is 54.0 Å². The van der Waals surface area contributed by atoms with Crippen LogP contribution >= 0.6 is 11.3 Å². The van der Waals surface area contributed by atoms with Crippen LogP contribution in [0.15, 0.2) is 186 Å².